The monoisotopic (exact) mass is 172 g/mol. The number of carbonyl (C=O) groups excluding carboxylic acids is 1. The zero-order chi connectivity index (χ0) is 9.19. The summed E-state index contributed by atoms with van der Waals surface area (Å²) in [5, 5.41) is 0. The van der Waals surface area contributed by atoms with E-state index in [9.17, 15) is 4.79 Å². The molecule has 1 aliphatic heterocycles. The Balaban J connectivity index is 2.51. The van der Waals surface area contributed by atoms with Crippen molar-refractivity contribution in [3.63, 3.8) is 0 Å². The van der Waals surface area contributed by atoms with E-state index in [-0.39, 0.29) is 12.0 Å². The van der Waals surface area contributed by atoms with Crippen LogP contribution in [0.1, 0.15) is 27.2 Å². The van der Waals surface area contributed by atoms with Gasteiger partial charge >= 0.3 is 0 Å². The van der Waals surface area contributed by atoms with E-state index in [4.69, 9.17) is 9.47 Å². The summed E-state index contributed by atoms with van der Waals surface area (Å²) in [5.41, 5.74) is 0. The minimum Gasteiger partial charge on any atom is -0.350 e. The van der Waals surface area contributed by atoms with Gasteiger partial charge in [0.15, 0.2) is 5.79 Å². The van der Waals surface area contributed by atoms with Crippen LogP contribution in [0.4, 0.5) is 0 Å². The van der Waals surface area contributed by atoms with Gasteiger partial charge in [0.2, 0.25) is 0 Å². The first-order valence-corrected chi connectivity index (χ1v) is 4.32. The Morgan fingerprint density at radius 2 is 2.25 bits per heavy atom. The lowest BCUT2D eigenvalue weighted by Crippen LogP contribution is -2.42. The molecule has 70 valence electrons. The molecule has 2 atom stereocenters. The van der Waals surface area contributed by atoms with Gasteiger partial charge in [-0.1, -0.05) is 6.92 Å². The van der Waals surface area contributed by atoms with Gasteiger partial charge in [0, 0.05) is 5.92 Å². The van der Waals surface area contributed by atoms with Gasteiger partial charge in [-0.2, -0.15) is 0 Å². The van der Waals surface area contributed by atoms with Crippen molar-refractivity contribution in [1.29, 1.82) is 0 Å². The van der Waals surface area contributed by atoms with Crippen molar-refractivity contribution in [2.75, 3.05) is 6.61 Å². The van der Waals surface area contributed by atoms with Crippen molar-refractivity contribution < 1.29 is 14.3 Å². The topological polar surface area (TPSA) is 35.5 Å². The van der Waals surface area contributed by atoms with Gasteiger partial charge in [0.25, 0.3) is 0 Å². The molecule has 0 aromatic carbocycles. The Kier molecular flexibility index (Phi) is 2.85. The standard InChI is InChI=1S/C9H16O3/c1-7(6-10)8-4-5-11-9(2,3)12-8/h6-8H,4-5H2,1-3H3/t7-,8-/m1/s1. The largest absolute Gasteiger partial charge is 0.350 e. The average molecular weight is 172 g/mol. The van der Waals surface area contributed by atoms with Gasteiger partial charge in [-0.25, -0.2) is 0 Å². The van der Waals surface area contributed by atoms with Crippen LogP contribution in [0, 0.1) is 5.92 Å². The van der Waals surface area contributed by atoms with Crippen LogP contribution < -0.4 is 0 Å². The predicted molar refractivity (Wildman–Crippen MR) is 44.7 cm³/mol. The Morgan fingerprint density at radius 3 is 2.75 bits per heavy atom. The van der Waals surface area contributed by atoms with E-state index >= 15 is 0 Å². The maximum Gasteiger partial charge on any atom is 0.163 e. The lowest BCUT2D eigenvalue weighted by Gasteiger charge is -2.37. The van der Waals surface area contributed by atoms with E-state index in [1.54, 1.807) is 0 Å². The SMILES string of the molecule is C[C@H](C=O)[C@H]1CCOC(C)(C)O1. The van der Waals surface area contributed by atoms with Gasteiger partial charge in [-0.15, -0.1) is 0 Å². The highest BCUT2D eigenvalue weighted by molar-refractivity contribution is 5.53. The first kappa shape index (κ1) is 9.68. The molecule has 0 aromatic rings. The molecule has 3 heteroatoms. The summed E-state index contributed by atoms with van der Waals surface area (Å²) in [6.07, 6.45) is 1.77. The number of hydrogen-bond donors (Lipinski definition) is 0. The van der Waals surface area contributed by atoms with Crippen LogP contribution in [0.5, 0.6) is 0 Å². The predicted octanol–water partition coefficient (Wildman–Crippen LogP) is 1.36. The van der Waals surface area contributed by atoms with Crippen molar-refractivity contribution >= 4 is 6.29 Å². The molecule has 1 heterocycles. The summed E-state index contributed by atoms with van der Waals surface area (Å²) in [4.78, 5) is 10.5. The molecule has 1 aliphatic rings. The van der Waals surface area contributed by atoms with Crippen molar-refractivity contribution in [2.24, 2.45) is 5.92 Å². The lowest BCUT2D eigenvalue weighted by molar-refractivity contribution is -0.278. The summed E-state index contributed by atoms with van der Waals surface area (Å²) in [5.74, 6) is -0.562. The van der Waals surface area contributed by atoms with E-state index in [1.807, 2.05) is 20.8 Å². The number of carbonyl (C=O) groups is 1. The third-order valence-electron chi connectivity index (χ3n) is 2.09. The molecular weight excluding hydrogens is 156 g/mol. The van der Waals surface area contributed by atoms with Crippen LogP contribution in [-0.2, 0) is 14.3 Å². The highest BCUT2D eigenvalue weighted by Gasteiger charge is 2.31. The quantitative estimate of drug-likeness (QED) is 0.590. The van der Waals surface area contributed by atoms with Crippen molar-refractivity contribution in [3.8, 4) is 0 Å². The van der Waals surface area contributed by atoms with Crippen molar-refractivity contribution in [2.45, 2.75) is 39.1 Å². The smallest absolute Gasteiger partial charge is 0.163 e. The maximum atomic E-state index is 10.5. The molecule has 12 heavy (non-hydrogen) atoms. The summed E-state index contributed by atoms with van der Waals surface area (Å²) >= 11 is 0. The molecule has 0 radical (unpaired) electrons. The number of rotatable bonds is 2. The molecule has 1 rings (SSSR count). The van der Waals surface area contributed by atoms with Crippen LogP contribution in [0.3, 0.4) is 0 Å². The second-order valence-electron chi connectivity index (χ2n) is 3.69. The van der Waals surface area contributed by atoms with Crippen molar-refractivity contribution in [1.82, 2.24) is 0 Å². The van der Waals surface area contributed by atoms with Crippen molar-refractivity contribution in [3.05, 3.63) is 0 Å². The van der Waals surface area contributed by atoms with Crippen LogP contribution in [-0.4, -0.2) is 24.8 Å². The van der Waals surface area contributed by atoms with E-state index < -0.39 is 5.79 Å². The summed E-state index contributed by atoms with van der Waals surface area (Å²) < 4.78 is 10.9. The van der Waals surface area contributed by atoms with E-state index in [0.29, 0.717) is 6.61 Å². The van der Waals surface area contributed by atoms with Gasteiger partial charge in [-0.3, -0.25) is 0 Å². The number of ether oxygens (including phenoxy) is 2. The fourth-order valence-corrected chi connectivity index (χ4v) is 1.34. The van der Waals surface area contributed by atoms with Gasteiger partial charge in [0.05, 0.1) is 12.7 Å². The first-order valence-electron chi connectivity index (χ1n) is 4.32. The summed E-state index contributed by atoms with van der Waals surface area (Å²) in [6, 6.07) is 0. The Morgan fingerprint density at radius 1 is 1.58 bits per heavy atom. The molecular formula is C9H16O3. The van der Waals surface area contributed by atoms with Gasteiger partial charge in [-0.05, 0) is 20.3 Å². The molecule has 1 fully saturated rings. The molecule has 0 aromatic heterocycles. The fourth-order valence-electron chi connectivity index (χ4n) is 1.34. The minimum atomic E-state index is -0.528. The molecule has 3 nitrogen and oxygen atoms in total. The molecule has 1 saturated heterocycles. The second kappa shape index (κ2) is 3.54. The molecule has 0 unspecified atom stereocenters. The van der Waals surface area contributed by atoms with E-state index in [0.717, 1.165) is 12.7 Å². The summed E-state index contributed by atoms with van der Waals surface area (Å²) in [7, 11) is 0. The third-order valence-corrected chi connectivity index (χ3v) is 2.09. The molecule has 0 bridgehead atoms. The molecule has 0 saturated carbocycles. The van der Waals surface area contributed by atoms with Gasteiger partial charge < -0.3 is 14.3 Å². The average Bonchev–Trinajstić information content (AvgIpc) is 2.01. The van der Waals surface area contributed by atoms with E-state index in [1.165, 1.54) is 0 Å². The zero-order valence-electron chi connectivity index (χ0n) is 7.87. The Labute approximate surface area is 73.0 Å². The van der Waals surface area contributed by atoms with E-state index in [2.05, 4.69) is 0 Å². The first-order chi connectivity index (χ1) is 5.55. The number of aldehydes is 1. The molecule has 0 spiro atoms. The van der Waals surface area contributed by atoms with Crippen LogP contribution in [0.2, 0.25) is 0 Å². The molecule has 0 amide bonds. The Bertz CT molecular complexity index is 165. The minimum absolute atomic E-state index is 0.0197. The lowest BCUT2D eigenvalue weighted by atomic mass is 10.0. The fraction of sp³-hybridized carbons (Fsp3) is 0.889. The number of hydrogen-bond acceptors (Lipinski definition) is 3. The maximum absolute atomic E-state index is 10.5. The Hall–Kier alpha value is -0.410. The van der Waals surface area contributed by atoms with Crippen LogP contribution in [0.15, 0.2) is 0 Å². The van der Waals surface area contributed by atoms with Crippen LogP contribution in [0.25, 0.3) is 0 Å². The third kappa shape index (κ3) is 2.29. The van der Waals surface area contributed by atoms with Gasteiger partial charge in [0.1, 0.15) is 6.29 Å². The normalized spacial score (nSPS) is 31.1. The highest BCUT2D eigenvalue weighted by Crippen LogP contribution is 2.25. The van der Waals surface area contributed by atoms with Crippen LogP contribution >= 0.6 is 0 Å². The highest BCUT2D eigenvalue weighted by atomic mass is 16.7. The molecule has 0 aliphatic carbocycles. The summed E-state index contributed by atoms with van der Waals surface area (Å²) in [6.45, 7) is 6.29. The second-order valence-corrected chi connectivity index (χ2v) is 3.69. The zero-order valence-corrected chi connectivity index (χ0v) is 7.87. The molecule has 0 N–H and O–H groups in total.